The van der Waals surface area contributed by atoms with Gasteiger partial charge in [-0.15, -0.1) is 10.2 Å². The highest BCUT2D eigenvalue weighted by atomic mass is 32.1. The molecule has 1 N–H and O–H groups in total. The van der Waals surface area contributed by atoms with Crippen LogP contribution in [0.25, 0.3) is 0 Å². The lowest BCUT2D eigenvalue weighted by Gasteiger charge is -2.11. The van der Waals surface area contributed by atoms with Gasteiger partial charge in [-0.1, -0.05) is 30.4 Å². The highest BCUT2D eigenvalue weighted by molar-refractivity contribution is 7.13. The number of aryl methyl sites for hydroxylation is 1. The predicted molar refractivity (Wildman–Crippen MR) is 124 cm³/mol. The first-order valence-corrected chi connectivity index (χ1v) is 11.7. The molecule has 1 aliphatic rings. The van der Waals surface area contributed by atoms with E-state index >= 15 is 0 Å². The summed E-state index contributed by atoms with van der Waals surface area (Å²) < 4.78 is 16.5. The van der Waals surface area contributed by atoms with Gasteiger partial charge in [0.25, 0.3) is 5.91 Å². The monoisotopic (exact) mass is 467 g/mol. The minimum absolute atomic E-state index is 0.0632. The van der Waals surface area contributed by atoms with Crippen LogP contribution in [0, 0.1) is 0 Å². The van der Waals surface area contributed by atoms with Gasteiger partial charge in [-0.05, 0) is 61.2 Å². The standard InChI is InChI=1S/C24H25N3O5S/c1-2-16-5-9-18(10-6-16)25-22(28)23-27-26-21(33-23)15-32-24(29)17-7-11-19(12-8-17)31-14-20-4-3-13-30-20/h5-12,20H,2-4,13-15H2,1H3,(H,25,28). The highest BCUT2D eigenvalue weighted by Crippen LogP contribution is 2.18. The minimum atomic E-state index is -0.488. The minimum Gasteiger partial charge on any atom is -0.491 e. The van der Waals surface area contributed by atoms with Gasteiger partial charge in [-0.25, -0.2) is 4.79 Å². The van der Waals surface area contributed by atoms with Crippen LogP contribution in [0.2, 0.25) is 0 Å². The summed E-state index contributed by atoms with van der Waals surface area (Å²) in [6.07, 6.45) is 3.13. The number of hydrogen-bond acceptors (Lipinski definition) is 8. The molecule has 33 heavy (non-hydrogen) atoms. The molecule has 1 aromatic heterocycles. The summed E-state index contributed by atoms with van der Waals surface area (Å²) in [5, 5.41) is 11.3. The lowest BCUT2D eigenvalue weighted by molar-refractivity contribution is 0.0471. The molecule has 0 bridgehead atoms. The fraction of sp³-hybridized carbons (Fsp3) is 0.333. The number of benzene rings is 2. The first-order chi connectivity index (χ1) is 16.1. The molecule has 1 saturated heterocycles. The van der Waals surface area contributed by atoms with E-state index in [1.54, 1.807) is 24.3 Å². The van der Waals surface area contributed by atoms with Crippen molar-refractivity contribution in [1.82, 2.24) is 10.2 Å². The van der Waals surface area contributed by atoms with Gasteiger partial charge >= 0.3 is 5.97 Å². The van der Waals surface area contributed by atoms with Crippen LogP contribution in [0.1, 0.15) is 50.5 Å². The summed E-state index contributed by atoms with van der Waals surface area (Å²) in [5.74, 6) is -0.169. The molecule has 1 aliphatic heterocycles. The third-order valence-corrected chi connectivity index (χ3v) is 6.05. The molecule has 1 unspecified atom stereocenters. The van der Waals surface area contributed by atoms with E-state index in [9.17, 15) is 9.59 Å². The van der Waals surface area contributed by atoms with Crippen molar-refractivity contribution in [1.29, 1.82) is 0 Å². The fourth-order valence-electron chi connectivity index (χ4n) is 3.27. The molecule has 0 radical (unpaired) electrons. The Morgan fingerprint density at radius 1 is 1.12 bits per heavy atom. The summed E-state index contributed by atoms with van der Waals surface area (Å²) in [7, 11) is 0. The van der Waals surface area contributed by atoms with E-state index in [0.29, 0.717) is 28.6 Å². The molecular formula is C24H25N3O5S. The number of anilines is 1. The normalized spacial score (nSPS) is 15.2. The van der Waals surface area contributed by atoms with Gasteiger partial charge in [0.2, 0.25) is 5.01 Å². The first kappa shape index (κ1) is 22.9. The Bertz CT molecular complexity index is 1080. The van der Waals surface area contributed by atoms with Gasteiger partial charge in [-0.3, -0.25) is 4.79 Å². The highest BCUT2D eigenvalue weighted by Gasteiger charge is 2.17. The number of amides is 1. The Kier molecular flexibility index (Phi) is 7.64. The number of carbonyl (C=O) groups is 2. The number of esters is 1. The molecule has 2 aromatic carbocycles. The second kappa shape index (κ2) is 11.0. The van der Waals surface area contributed by atoms with Gasteiger partial charge in [0.15, 0.2) is 5.01 Å². The Morgan fingerprint density at radius 3 is 2.61 bits per heavy atom. The average molecular weight is 468 g/mol. The Balaban J connectivity index is 1.25. The van der Waals surface area contributed by atoms with E-state index in [1.807, 2.05) is 24.3 Å². The van der Waals surface area contributed by atoms with Crippen molar-refractivity contribution in [2.75, 3.05) is 18.5 Å². The van der Waals surface area contributed by atoms with E-state index in [-0.39, 0.29) is 23.6 Å². The summed E-state index contributed by atoms with van der Waals surface area (Å²) in [5.41, 5.74) is 2.27. The third kappa shape index (κ3) is 6.36. The predicted octanol–water partition coefficient (Wildman–Crippen LogP) is 4.27. The molecule has 0 saturated carbocycles. The maximum Gasteiger partial charge on any atom is 0.338 e. The van der Waals surface area contributed by atoms with Crippen LogP contribution < -0.4 is 10.1 Å². The molecule has 1 amide bonds. The van der Waals surface area contributed by atoms with Crippen LogP contribution in [0.3, 0.4) is 0 Å². The van der Waals surface area contributed by atoms with Crippen molar-refractivity contribution < 1.29 is 23.8 Å². The Morgan fingerprint density at radius 2 is 1.91 bits per heavy atom. The van der Waals surface area contributed by atoms with Crippen molar-refractivity contribution >= 4 is 28.9 Å². The SMILES string of the molecule is CCc1ccc(NC(=O)c2nnc(COC(=O)c3ccc(OCC4CCCO4)cc3)s2)cc1. The van der Waals surface area contributed by atoms with Crippen molar-refractivity contribution in [3.05, 3.63) is 69.7 Å². The van der Waals surface area contributed by atoms with E-state index in [2.05, 4.69) is 22.4 Å². The first-order valence-electron chi connectivity index (χ1n) is 10.8. The molecule has 0 aliphatic carbocycles. The number of aromatic nitrogens is 2. The molecule has 4 rings (SSSR count). The fourth-order valence-corrected chi connectivity index (χ4v) is 3.92. The molecule has 3 aromatic rings. The van der Waals surface area contributed by atoms with Gasteiger partial charge in [0.05, 0.1) is 11.7 Å². The van der Waals surface area contributed by atoms with Crippen LogP contribution in [-0.2, 0) is 22.5 Å². The molecule has 172 valence electrons. The summed E-state index contributed by atoms with van der Waals surface area (Å²) in [6, 6.07) is 14.4. The van der Waals surface area contributed by atoms with E-state index in [4.69, 9.17) is 14.2 Å². The van der Waals surface area contributed by atoms with Gasteiger partial charge in [0.1, 0.15) is 19.0 Å². The molecule has 1 atom stereocenters. The van der Waals surface area contributed by atoms with E-state index in [1.165, 1.54) is 5.56 Å². The number of carbonyl (C=O) groups excluding carboxylic acids is 2. The lowest BCUT2D eigenvalue weighted by Crippen LogP contribution is -2.16. The summed E-state index contributed by atoms with van der Waals surface area (Å²) >= 11 is 1.08. The van der Waals surface area contributed by atoms with Crippen LogP contribution in [-0.4, -0.2) is 41.4 Å². The maximum absolute atomic E-state index is 12.4. The molecule has 0 spiro atoms. The summed E-state index contributed by atoms with van der Waals surface area (Å²) in [4.78, 5) is 24.7. The average Bonchev–Trinajstić information content (AvgIpc) is 3.54. The molecular weight excluding hydrogens is 442 g/mol. The topological polar surface area (TPSA) is 99.6 Å². The van der Waals surface area contributed by atoms with Crippen molar-refractivity contribution in [2.24, 2.45) is 0 Å². The zero-order valence-corrected chi connectivity index (χ0v) is 19.1. The largest absolute Gasteiger partial charge is 0.491 e. The molecule has 9 heteroatoms. The summed E-state index contributed by atoms with van der Waals surface area (Å²) in [6.45, 7) is 3.29. The number of nitrogens with one attached hydrogen (secondary N) is 1. The third-order valence-electron chi connectivity index (χ3n) is 5.16. The zero-order valence-electron chi connectivity index (χ0n) is 18.3. The van der Waals surface area contributed by atoms with Crippen molar-refractivity contribution in [3.8, 4) is 5.75 Å². The van der Waals surface area contributed by atoms with Gasteiger partial charge in [0, 0.05) is 12.3 Å². The van der Waals surface area contributed by atoms with Gasteiger partial charge in [-0.2, -0.15) is 0 Å². The van der Waals surface area contributed by atoms with Crippen molar-refractivity contribution in [3.63, 3.8) is 0 Å². The van der Waals surface area contributed by atoms with Crippen LogP contribution in [0.5, 0.6) is 5.75 Å². The van der Waals surface area contributed by atoms with Crippen LogP contribution in [0.15, 0.2) is 48.5 Å². The second-order valence-corrected chi connectivity index (χ2v) is 8.61. The number of hydrogen-bond donors (Lipinski definition) is 1. The Hall–Kier alpha value is -3.30. The molecule has 1 fully saturated rings. The van der Waals surface area contributed by atoms with Gasteiger partial charge < -0.3 is 19.5 Å². The molecule has 8 nitrogen and oxygen atoms in total. The Labute approximate surface area is 195 Å². The quantitative estimate of drug-likeness (QED) is 0.469. The number of rotatable bonds is 9. The number of ether oxygens (including phenoxy) is 3. The van der Waals surface area contributed by atoms with Crippen molar-refractivity contribution in [2.45, 2.75) is 38.9 Å². The van der Waals surface area contributed by atoms with Crippen LogP contribution >= 0.6 is 11.3 Å². The zero-order chi connectivity index (χ0) is 23.0. The lowest BCUT2D eigenvalue weighted by atomic mass is 10.1. The number of nitrogens with zero attached hydrogens (tertiary/aromatic N) is 2. The van der Waals surface area contributed by atoms with Crippen LogP contribution in [0.4, 0.5) is 5.69 Å². The molecule has 2 heterocycles. The maximum atomic E-state index is 12.4. The smallest absolute Gasteiger partial charge is 0.338 e. The second-order valence-electron chi connectivity index (χ2n) is 7.55. The van der Waals surface area contributed by atoms with E-state index in [0.717, 1.165) is 37.2 Å². The van der Waals surface area contributed by atoms with E-state index < -0.39 is 5.97 Å².